The Morgan fingerprint density at radius 3 is 3.10 bits per heavy atom. The summed E-state index contributed by atoms with van der Waals surface area (Å²) in [6.07, 6.45) is 4.95. The van der Waals surface area contributed by atoms with Crippen LogP contribution < -0.4 is 15.4 Å². The van der Waals surface area contributed by atoms with Crippen LogP contribution in [0, 0.1) is 0 Å². The van der Waals surface area contributed by atoms with E-state index >= 15 is 0 Å². The summed E-state index contributed by atoms with van der Waals surface area (Å²) in [7, 11) is 0. The third kappa shape index (κ3) is 2.77. The van der Waals surface area contributed by atoms with E-state index in [0.717, 1.165) is 49.8 Å². The van der Waals surface area contributed by atoms with Crippen molar-refractivity contribution in [3.63, 3.8) is 0 Å². The van der Waals surface area contributed by atoms with Gasteiger partial charge in [-0.25, -0.2) is 4.98 Å². The second kappa shape index (κ2) is 5.96. The van der Waals surface area contributed by atoms with Crippen molar-refractivity contribution in [3.8, 4) is 5.75 Å². The summed E-state index contributed by atoms with van der Waals surface area (Å²) in [4.78, 5) is 6.79. The predicted molar refractivity (Wildman–Crippen MR) is 78.9 cm³/mol. The van der Waals surface area contributed by atoms with Crippen LogP contribution in [0.4, 0.5) is 5.69 Å². The molecule has 3 rings (SSSR count). The lowest BCUT2D eigenvalue weighted by molar-refractivity contribution is 0.322. The summed E-state index contributed by atoms with van der Waals surface area (Å²) in [5.41, 5.74) is 7.78. The normalized spacial score (nSPS) is 14.6. The van der Waals surface area contributed by atoms with Crippen LogP contribution in [0.15, 0.2) is 36.8 Å². The molecule has 20 heavy (non-hydrogen) atoms. The van der Waals surface area contributed by atoms with Gasteiger partial charge in [-0.1, -0.05) is 12.1 Å². The smallest absolute Gasteiger partial charge is 0.142 e. The fourth-order valence-electron chi connectivity index (χ4n) is 2.52. The highest BCUT2D eigenvalue weighted by Crippen LogP contribution is 2.31. The van der Waals surface area contributed by atoms with Gasteiger partial charge in [-0.05, 0) is 18.6 Å². The van der Waals surface area contributed by atoms with Gasteiger partial charge in [-0.3, -0.25) is 0 Å². The predicted octanol–water partition coefficient (Wildman–Crippen LogP) is 1.63. The molecule has 1 aliphatic rings. The number of imidazole rings is 1. The second-order valence-electron chi connectivity index (χ2n) is 4.98. The van der Waals surface area contributed by atoms with E-state index in [2.05, 4.69) is 22.1 Å². The lowest BCUT2D eigenvalue weighted by atomic mass is 10.2. The van der Waals surface area contributed by atoms with E-state index in [0.29, 0.717) is 6.54 Å². The highest BCUT2D eigenvalue weighted by atomic mass is 16.5. The van der Waals surface area contributed by atoms with Crippen LogP contribution in [-0.4, -0.2) is 29.2 Å². The van der Waals surface area contributed by atoms with Crippen LogP contribution >= 0.6 is 0 Å². The Kier molecular flexibility index (Phi) is 3.87. The first-order valence-electron chi connectivity index (χ1n) is 7.04. The summed E-state index contributed by atoms with van der Waals surface area (Å²) in [6.45, 7) is 4.01. The Balaban J connectivity index is 1.79. The fraction of sp³-hybridized carbons (Fsp3) is 0.400. The van der Waals surface area contributed by atoms with E-state index < -0.39 is 0 Å². The van der Waals surface area contributed by atoms with Gasteiger partial charge in [-0.2, -0.15) is 0 Å². The van der Waals surface area contributed by atoms with Gasteiger partial charge in [0.25, 0.3) is 0 Å². The molecule has 0 radical (unpaired) electrons. The topological polar surface area (TPSA) is 56.3 Å². The highest BCUT2D eigenvalue weighted by molar-refractivity contribution is 5.58. The lowest BCUT2D eigenvalue weighted by Gasteiger charge is -2.22. The number of para-hydroxylation sites is 2. The Labute approximate surface area is 119 Å². The zero-order chi connectivity index (χ0) is 13.8. The van der Waals surface area contributed by atoms with Crippen molar-refractivity contribution in [2.75, 3.05) is 24.6 Å². The van der Waals surface area contributed by atoms with E-state index in [1.54, 1.807) is 0 Å². The molecule has 0 saturated heterocycles. The van der Waals surface area contributed by atoms with Gasteiger partial charge in [0.15, 0.2) is 0 Å². The molecule has 1 aromatic heterocycles. The molecule has 2 aromatic rings. The van der Waals surface area contributed by atoms with Crippen LogP contribution in [0.25, 0.3) is 0 Å². The molecule has 106 valence electrons. The van der Waals surface area contributed by atoms with Gasteiger partial charge in [0.2, 0.25) is 0 Å². The Bertz CT molecular complexity index is 567. The molecule has 0 aliphatic carbocycles. The molecule has 1 aliphatic heterocycles. The van der Waals surface area contributed by atoms with Gasteiger partial charge in [0.1, 0.15) is 5.75 Å². The number of aromatic nitrogens is 2. The van der Waals surface area contributed by atoms with Crippen molar-refractivity contribution < 1.29 is 4.74 Å². The minimum atomic E-state index is 0.635. The van der Waals surface area contributed by atoms with Crippen molar-refractivity contribution in [1.29, 1.82) is 0 Å². The summed E-state index contributed by atoms with van der Waals surface area (Å²) in [6, 6.07) is 8.20. The molecule has 5 nitrogen and oxygen atoms in total. The Morgan fingerprint density at radius 1 is 1.30 bits per heavy atom. The van der Waals surface area contributed by atoms with Crippen LogP contribution in [0.5, 0.6) is 5.75 Å². The number of benzene rings is 1. The molecule has 0 bridgehead atoms. The minimum Gasteiger partial charge on any atom is -0.491 e. The van der Waals surface area contributed by atoms with Crippen LogP contribution in [0.3, 0.4) is 0 Å². The number of hydrogen-bond donors (Lipinski definition) is 1. The third-order valence-electron chi connectivity index (χ3n) is 3.46. The molecular weight excluding hydrogens is 252 g/mol. The Hall–Kier alpha value is -2.01. The maximum absolute atomic E-state index is 5.78. The summed E-state index contributed by atoms with van der Waals surface area (Å²) in [5, 5.41) is 0. The third-order valence-corrected chi connectivity index (χ3v) is 3.46. The molecule has 2 heterocycles. The number of hydrogen-bond acceptors (Lipinski definition) is 4. The fourth-order valence-corrected chi connectivity index (χ4v) is 2.52. The van der Waals surface area contributed by atoms with Gasteiger partial charge < -0.3 is 19.9 Å². The van der Waals surface area contributed by atoms with Crippen LogP contribution in [0.1, 0.15) is 12.1 Å². The van der Waals surface area contributed by atoms with Crippen LogP contribution in [0.2, 0.25) is 0 Å². The average Bonchev–Trinajstić information content (AvgIpc) is 2.80. The molecule has 2 N–H and O–H groups in total. The summed E-state index contributed by atoms with van der Waals surface area (Å²) < 4.78 is 7.81. The standard InChI is InChI=1S/C15H20N4O/c16-6-8-18-10-13(17-12-18)11-19-7-3-9-20-15-5-2-1-4-14(15)19/h1-2,4-5,10,12H,3,6-9,11,16H2. The van der Waals surface area contributed by atoms with Gasteiger partial charge in [-0.15, -0.1) is 0 Å². The van der Waals surface area contributed by atoms with Gasteiger partial charge in [0, 0.05) is 25.8 Å². The van der Waals surface area contributed by atoms with Gasteiger partial charge >= 0.3 is 0 Å². The first kappa shape index (κ1) is 13.0. The van der Waals surface area contributed by atoms with Crippen molar-refractivity contribution in [2.45, 2.75) is 19.5 Å². The first-order chi connectivity index (χ1) is 9.86. The number of anilines is 1. The van der Waals surface area contributed by atoms with E-state index in [1.807, 2.05) is 29.1 Å². The number of rotatable bonds is 4. The zero-order valence-electron chi connectivity index (χ0n) is 11.5. The monoisotopic (exact) mass is 272 g/mol. The molecular formula is C15H20N4O. The maximum atomic E-state index is 5.78. The first-order valence-corrected chi connectivity index (χ1v) is 7.04. The second-order valence-corrected chi connectivity index (χ2v) is 4.98. The number of nitrogens with two attached hydrogens (primary N) is 1. The summed E-state index contributed by atoms with van der Waals surface area (Å²) in [5.74, 6) is 0.964. The van der Waals surface area contributed by atoms with Gasteiger partial charge in [0.05, 0.1) is 30.9 Å². The molecule has 1 aromatic carbocycles. The van der Waals surface area contributed by atoms with E-state index in [4.69, 9.17) is 10.5 Å². The Morgan fingerprint density at radius 2 is 2.20 bits per heavy atom. The average molecular weight is 272 g/mol. The largest absolute Gasteiger partial charge is 0.491 e. The number of fused-ring (bicyclic) bond motifs is 1. The maximum Gasteiger partial charge on any atom is 0.142 e. The molecule has 0 fully saturated rings. The molecule has 0 unspecified atom stereocenters. The molecule has 0 spiro atoms. The van der Waals surface area contributed by atoms with Crippen molar-refractivity contribution in [3.05, 3.63) is 42.5 Å². The minimum absolute atomic E-state index is 0.635. The van der Waals surface area contributed by atoms with E-state index in [-0.39, 0.29) is 0 Å². The quantitative estimate of drug-likeness (QED) is 0.919. The van der Waals surface area contributed by atoms with Crippen molar-refractivity contribution >= 4 is 5.69 Å². The van der Waals surface area contributed by atoms with Crippen molar-refractivity contribution in [1.82, 2.24) is 9.55 Å². The van der Waals surface area contributed by atoms with Crippen LogP contribution in [-0.2, 0) is 13.1 Å². The molecule has 0 saturated carbocycles. The number of nitrogens with zero attached hydrogens (tertiary/aromatic N) is 3. The zero-order valence-corrected chi connectivity index (χ0v) is 11.5. The van der Waals surface area contributed by atoms with Crippen molar-refractivity contribution in [2.24, 2.45) is 5.73 Å². The number of ether oxygens (including phenoxy) is 1. The van der Waals surface area contributed by atoms with E-state index in [1.165, 1.54) is 0 Å². The molecule has 5 heteroatoms. The lowest BCUT2D eigenvalue weighted by Crippen LogP contribution is -2.23. The SMILES string of the molecule is NCCn1cnc(CN2CCCOc3ccccc32)c1. The summed E-state index contributed by atoms with van der Waals surface area (Å²) >= 11 is 0. The highest BCUT2D eigenvalue weighted by Gasteiger charge is 2.16. The van der Waals surface area contributed by atoms with E-state index in [9.17, 15) is 0 Å². The molecule has 0 atom stereocenters. The molecule has 0 amide bonds.